The molecule has 25 nitrogen and oxygen atoms in total. The number of nitrogens with one attached hydrogen (secondary N) is 6. The van der Waals surface area contributed by atoms with E-state index in [-0.39, 0.29) is 56.1 Å². The molecule has 0 bridgehead atoms. The summed E-state index contributed by atoms with van der Waals surface area (Å²) in [4.78, 5) is 169. The fourth-order valence-corrected chi connectivity index (χ4v) is 11.6. The van der Waals surface area contributed by atoms with E-state index in [9.17, 15) is 43.5 Å². The Morgan fingerprint density at radius 1 is 0.560 bits per heavy atom. The zero-order chi connectivity index (χ0) is 70.2. The lowest BCUT2D eigenvalue weighted by Gasteiger charge is -2.42. The highest BCUT2D eigenvalue weighted by Crippen LogP contribution is 2.27. The first-order chi connectivity index (χ1) is 42.2. The Hall–Kier alpha value is -6.21. The van der Waals surface area contributed by atoms with E-state index in [4.69, 9.17) is 4.74 Å². The van der Waals surface area contributed by atoms with Crippen molar-refractivity contribution in [2.24, 2.45) is 41.4 Å². The van der Waals surface area contributed by atoms with Gasteiger partial charge in [0, 0.05) is 61.3 Å². The van der Waals surface area contributed by atoms with Crippen molar-refractivity contribution >= 4 is 65.0 Å². The number of ether oxygens (including phenoxy) is 1. The van der Waals surface area contributed by atoms with Gasteiger partial charge in [-0.05, 0) is 121 Å². The topological polar surface area (TPSA) is 309 Å². The molecule has 14 atom stereocenters. The van der Waals surface area contributed by atoms with Crippen LogP contribution in [0.4, 0.5) is 0 Å². The molecule has 0 aromatic carbocycles. The van der Waals surface area contributed by atoms with E-state index in [0.717, 1.165) is 4.90 Å². The van der Waals surface area contributed by atoms with E-state index in [2.05, 4.69) is 31.9 Å². The van der Waals surface area contributed by atoms with Gasteiger partial charge in [-0.2, -0.15) is 0 Å². The Morgan fingerprint density at radius 2 is 1.04 bits per heavy atom. The minimum atomic E-state index is -1.61. The smallest absolute Gasteiger partial charge is 0.303 e. The number of carbonyl (C=O) groups excluding carboxylic acids is 11. The van der Waals surface area contributed by atoms with Crippen LogP contribution in [0.3, 0.4) is 0 Å². The number of likely N-dealkylation sites (N-methyl/N-ethyl adjacent to an activating group) is 6. The Bertz CT molecular complexity index is 2440. The molecule has 1 saturated heterocycles. The fraction of sp³-hybridized carbons (Fsp3) is 0.803. The molecule has 1 aliphatic rings. The monoisotopic (exact) mass is 1290 g/mol. The van der Waals surface area contributed by atoms with Gasteiger partial charge in [0.15, 0.2) is 0 Å². The number of allylic oxidation sites excluding steroid dienone is 2. The van der Waals surface area contributed by atoms with E-state index in [1.165, 1.54) is 82.5 Å². The molecule has 91 heavy (non-hydrogen) atoms. The Kier molecular flexibility index (Phi) is 35.8. The van der Waals surface area contributed by atoms with Crippen LogP contribution >= 0.6 is 0 Å². The van der Waals surface area contributed by atoms with Crippen molar-refractivity contribution < 1.29 is 62.6 Å². The maximum Gasteiger partial charge on any atom is 0.303 e. The number of carbonyl (C=O) groups is 11. The van der Waals surface area contributed by atoms with E-state index in [0.29, 0.717) is 32.4 Å². The van der Waals surface area contributed by atoms with Crippen molar-refractivity contribution in [1.29, 1.82) is 0 Å². The van der Waals surface area contributed by atoms with Gasteiger partial charge in [-0.1, -0.05) is 102 Å². The normalized spacial score (nSPS) is 27.0. The van der Waals surface area contributed by atoms with E-state index >= 15 is 14.4 Å². The van der Waals surface area contributed by atoms with Gasteiger partial charge in [0.05, 0.1) is 12.6 Å². The molecule has 1 fully saturated rings. The van der Waals surface area contributed by atoms with Crippen LogP contribution in [0, 0.1) is 41.4 Å². The maximum absolute atomic E-state index is 15.4. The van der Waals surface area contributed by atoms with Gasteiger partial charge in [0.1, 0.15) is 60.5 Å². The molecule has 522 valence electrons. The number of aliphatic hydroxyl groups excluding tert-OH is 1. The number of hydrogen-bond acceptors (Lipinski definition) is 15. The molecular weight excluding hydrogens is 1170 g/mol. The molecule has 1 aliphatic heterocycles. The lowest BCUT2D eigenvalue weighted by Crippen LogP contribution is -2.64. The summed E-state index contributed by atoms with van der Waals surface area (Å²) in [6.07, 6.45) is 3.61. The number of rotatable bonds is 20. The average Bonchev–Trinajstić information content (AvgIpc) is 2.23. The second kappa shape index (κ2) is 39.4. The predicted molar refractivity (Wildman–Crippen MR) is 352 cm³/mol. The summed E-state index contributed by atoms with van der Waals surface area (Å²) in [5.74, 6) is -9.48. The molecule has 14 unspecified atom stereocenters. The van der Waals surface area contributed by atoms with Crippen LogP contribution in [0.25, 0.3) is 0 Å². The SMILES string of the molecule is CC=CCC(C)C(OC(C)=O)C1C(=O)NC(CC)C(=O)N(C)C(C)C(=O)N(C)C(C(C)CCNCCO)C(=O)NC(C(C)C)CN(C)C(CC(C)C)C(=O)NC(C)C(=O)NC(C)C(=O)NC(CC(C)C)C(=O)N(C)C(CC(C)C)C(=O)N(C)C(C(C)C)C(=O)N1C. The second-order valence-corrected chi connectivity index (χ2v) is 27.3. The minimum Gasteiger partial charge on any atom is -0.459 e. The molecule has 7 N–H and O–H groups in total. The van der Waals surface area contributed by atoms with Gasteiger partial charge >= 0.3 is 5.97 Å². The van der Waals surface area contributed by atoms with E-state index < -0.39 is 155 Å². The van der Waals surface area contributed by atoms with Crippen LogP contribution in [-0.2, 0) is 57.5 Å². The van der Waals surface area contributed by atoms with Crippen molar-refractivity contribution in [2.45, 2.75) is 236 Å². The molecule has 0 saturated carbocycles. The number of aliphatic hydroxyl groups is 1. The number of amides is 10. The summed E-state index contributed by atoms with van der Waals surface area (Å²) in [7, 11) is 8.90. The first-order valence-electron chi connectivity index (χ1n) is 32.9. The molecule has 25 heteroatoms. The van der Waals surface area contributed by atoms with Gasteiger partial charge in [0.2, 0.25) is 59.1 Å². The minimum absolute atomic E-state index is 0.000135. The third-order valence-electron chi connectivity index (χ3n) is 17.3. The third kappa shape index (κ3) is 25.0. The number of esters is 1. The molecule has 0 aromatic rings. The Balaban J connectivity index is 4.45. The summed E-state index contributed by atoms with van der Waals surface area (Å²) < 4.78 is 5.96. The molecule has 0 radical (unpaired) electrons. The van der Waals surface area contributed by atoms with Crippen LogP contribution in [0.1, 0.15) is 163 Å². The largest absolute Gasteiger partial charge is 0.459 e. The van der Waals surface area contributed by atoms with Gasteiger partial charge in [-0.25, -0.2) is 0 Å². The van der Waals surface area contributed by atoms with E-state index in [1.807, 2.05) is 73.3 Å². The van der Waals surface area contributed by atoms with Crippen molar-refractivity contribution in [3.05, 3.63) is 12.2 Å². The van der Waals surface area contributed by atoms with Crippen LogP contribution in [0.15, 0.2) is 12.2 Å². The van der Waals surface area contributed by atoms with Crippen LogP contribution in [0.2, 0.25) is 0 Å². The highest BCUT2D eigenvalue weighted by atomic mass is 16.5. The lowest BCUT2D eigenvalue weighted by atomic mass is 9.91. The fourth-order valence-electron chi connectivity index (χ4n) is 11.6. The quantitative estimate of drug-likeness (QED) is 0.0524. The number of hydrogen-bond donors (Lipinski definition) is 7. The maximum atomic E-state index is 15.4. The van der Waals surface area contributed by atoms with Gasteiger partial charge in [0.25, 0.3) is 0 Å². The molecular formula is C66H120N12O13. The lowest BCUT2D eigenvalue weighted by molar-refractivity contribution is -0.164. The van der Waals surface area contributed by atoms with Crippen molar-refractivity contribution in [3.8, 4) is 0 Å². The van der Waals surface area contributed by atoms with Gasteiger partial charge < -0.3 is 66.2 Å². The summed E-state index contributed by atoms with van der Waals surface area (Å²) in [5, 5.41) is 27.0. The third-order valence-corrected chi connectivity index (χ3v) is 17.3. The molecule has 10 amide bonds. The summed E-state index contributed by atoms with van der Waals surface area (Å²) in [6, 6.07) is -12.6. The summed E-state index contributed by atoms with van der Waals surface area (Å²) in [6.45, 7) is 32.0. The Labute approximate surface area is 544 Å². The molecule has 1 heterocycles. The second-order valence-electron chi connectivity index (χ2n) is 27.3. The first-order valence-corrected chi connectivity index (χ1v) is 32.9. The average molecular weight is 1290 g/mol. The predicted octanol–water partition coefficient (Wildman–Crippen LogP) is 2.92. The van der Waals surface area contributed by atoms with E-state index in [1.54, 1.807) is 47.7 Å². The zero-order valence-corrected chi connectivity index (χ0v) is 59.7. The highest BCUT2D eigenvalue weighted by molar-refractivity contribution is 5.99. The molecule has 1 rings (SSSR count). The standard InChI is InChI=1S/C66H120N12O13/c1-25-27-28-43(14)56(91-47(18)80)55-61(85)70-48(26-2)63(87)74(20)46(17)62(86)77(23)54(42(13)29-30-67-31-32-79)60(84)72-50(40(9)10)36-73(19)51(34-38(5)6)59(83)69-44(15)57(81)68-45(16)58(82)71-49(33-37(3)4)64(88)75(21)52(35-39(7)8)65(89)76(22)53(41(11)12)66(90)78(55)24/h25,27,37-46,48-56,67,79H,26,28-36H2,1-24H3,(H,68,81)(H,69,83)(H,70,85)(H,71,82)(H,72,84). The van der Waals surface area contributed by atoms with Crippen LogP contribution < -0.4 is 31.9 Å². The molecule has 0 spiro atoms. The van der Waals surface area contributed by atoms with Crippen molar-refractivity contribution in [1.82, 2.24) is 61.3 Å². The first kappa shape index (κ1) is 82.8. The summed E-state index contributed by atoms with van der Waals surface area (Å²) in [5.41, 5.74) is 0. The van der Waals surface area contributed by atoms with Gasteiger partial charge in [-0.15, -0.1) is 0 Å². The van der Waals surface area contributed by atoms with Crippen LogP contribution in [0.5, 0.6) is 0 Å². The summed E-state index contributed by atoms with van der Waals surface area (Å²) >= 11 is 0. The molecule has 0 aromatic heterocycles. The van der Waals surface area contributed by atoms with Crippen molar-refractivity contribution in [2.75, 3.05) is 68.5 Å². The highest BCUT2D eigenvalue weighted by Gasteiger charge is 2.47. The Morgan fingerprint density at radius 3 is 1.54 bits per heavy atom. The number of nitrogens with zero attached hydrogens (tertiary/aromatic N) is 6. The zero-order valence-electron chi connectivity index (χ0n) is 59.7. The van der Waals surface area contributed by atoms with Gasteiger partial charge in [-0.3, -0.25) is 57.6 Å². The van der Waals surface area contributed by atoms with Crippen LogP contribution in [-0.4, -0.2) is 241 Å². The molecule has 0 aliphatic carbocycles. The van der Waals surface area contributed by atoms with Crippen molar-refractivity contribution in [3.63, 3.8) is 0 Å².